The van der Waals surface area contributed by atoms with E-state index in [-0.39, 0.29) is 19.5 Å². The van der Waals surface area contributed by atoms with Crippen molar-refractivity contribution in [1.29, 1.82) is 5.26 Å². The Labute approximate surface area is 175 Å². The Morgan fingerprint density at radius 3 is 2.61 bits per heavy atom. The number of nitriles is 1. The van der Waals surface area contributed by atoms with E-state index >= 15 is 0 Å². The minimum absolute atomic E-state index is 0.0701. The molecule has 0 radical (unpaired) electrons. The minimum atomic E-state index is -4.53. The number of carbonyl (C=O) groups excluding carboxylic acids is 1. The highest BCUT2D eigenvalue weighted by Crippen LogP contribution is 2.75. The van der Waals surface area contributed by atoms with Gasteiger partial charge in [-0.3, -0.25) is 14.8 Å². The van der Waals surface area contributed by atoms with Crippen molar-refractivity contribution < 1.29 is 18.0 Å². The van der Waals surface area contributed by atoms with E-state index in [1.54, 1.807) is 41.3 Å². The zero-order valence-electron chi connectivity index (χ0n) is 16.1. The highest BCUT2D eigenvalue weighted by atomic mass is 19.4. The molecule has 3 heterocycles. The van der Waals surface area contributed by atoms with Crippen LogP contribution in [0.2, 0.25) is 0 Å². The standard InChI is InChI=1S/C22H16F3N5O/c23-22(24,25)21-11-20(21,19(31)29-15-5-8-27-9-6-15)12-30(13-21)17-4-3-14(10-26)18-16(17)2-1-7-28-18/h1-9H,11-13H2,(H,27,29,31)/t20-,21-/m0/s1. The number of anilines is 2. The first-order chi connectivity index (χ1) is 14.8. The van der Waals surface area contributed by atoms with E-state index in [1.807, 2.05) is 0 Å². The van der Waals surface area contributed by atoms with Crippen LogP contribution < -0.4 is 10.2 Å². The van der Waals surface area contributed by atoms with Crippen LogP contribution in [0.5, 0.6) is 0 Å². The molecule has 2 atom stereocenters. The van der Waals surface area contributed by atoms with Crippen LogP contribution in [-0.4, -0.2) is 35.1 Å². The van der Waals surface area contributed by atoms with Crippen molar-refractivity contribution >= 4 is 28.2 Å². The fraction of sp³-hybridized carbons (Fsp3) is 0.273. The smallest absolute Gasteiger partial charge is 0.369 e. The summed E-state index contributed by atoms with van der Waals surface area (Å²) in [4.78, 5) is 22.7. The lowest BCUT2D eigenvalue weighted by molar-refractivity contribution is -0.191. The number of nitrogens with zero attached hydrogens (tertiary/aromatic N) is 4. The van der Waals surface area contributed by atoms with Gasteiger partial charge in [-0.2, -0.15) is 18.4 Å². The molecule has 1 saturated heterocycles. The monoisotopic (exact) mass is 423 g/mol. The minimum Gasteiger partial charge on any atom is -0.369 e. The normalized spacial score (nSPS) is 24.5. The SMILES string of the molecule is N#Cc1ccc(N2C[C@]3(C(=O)Nc4ccncc4)C[C@]3(C(F)(F)F)C2)c2cccnc12. The number of benzene rings is 1. The van der Waals surface area contributed by atoms with E-state index in [4.69, 9.17) is 0 Å². The summed E-state index contributed by atoms with van der Waals surface area (Å²) in [5.74, 6) is -0.644. The average molecular weight is 423 g/mol. The summed E-state index contributed by atoms with van der Waals surface area (Å²) in [7, 11) is 0. The van der Waals surface area contributed by atoms with Crippen LogP contribution in [0.4, 0.5) is 24.5 Å². The summed E-state index contributed by atoms with van der Waals surface area (Å²) >= 11 is 0. The van der Waals surface area contributed by atoms with Crippen LogP contribution in [0, 0.1) is 22.2 Å². The Bertz CT molecular complexity index is 1240. The number of hydrogen-bond acceptors (Lipinski definition) is 5. The lowest BCUT2D eigenvalue weighted by atomic mass is 9.94. The Hall–Kier alpha value is -3.67. The van der Waals surface area contributed by atoms with E-state index in [0.29, 0.717) is 27.8 Å². The van der Waals surface area contributed by atoms with Gasteiger partial charge in [-0.15, -0.1) is 0 Å². The van der Waals surface area contributed by atoms with Gasteiger partial charge in [0.25, 0.3) is 0 Å². The molecular formula is C22H16F3N5O. The van der Waals surface area contributed by atoms with E-state index in [9.17, 15) is 23.2 Å². The van der Waals surface area contributed by atoms with Crippen LogP contribution in [0.3, 0.4) is 0 Å². The van der Waals surface area contributed by atoms with Crippen LogP contribution in [0.25, 0.3) is 10.9 Å². The molecule has 1 N–H and O–H groups in total. The van der Waals surface area contributed by atoms with Crippen molar-refractivity contribution in [2.24, 2.45) is 10.8 Å². The number of alkyl halides is 3. The molecule has 2 fully saturated rings. The van der Waals surface area contributed by atoms with Crippen molar-refractivity contribution in [3.8, 4) is 6.07 Å². The summed E-state index contributed by atoms with van der Waals surface area (Å²) in [5.41, 5.74) is -1.96. The Balaban J connectivity index is 1.54. The van der Waals surface area contributed by atoms with E-state index in [2.05, 4.69) is 21.4 Å². The first kappa shape index (κ1) is 19.3. The van der Waals surface area contributed by atoms with Crippen molar-refractivity contribution in [1.82, 2.24) is 9.97 Å². The lowest BCUT2D eigenvalue weighted by Crippen LogP contribution is -2.36. The number of fused-ring (bicyclic) bond motifs is 2. The van der Waals surface area contributed by atoms with Gasteiger partial charge in [0.2, 0.25) is 5.91 Å². The quantitative estimate of drug-likeness (QED) is 0.691. The van der Waals surface area contributed by atoms with Gasteiger partial charge in [-0.05, 0) is 42.8 Å². The number of pyridine rings is 2. The lowest BCUT2D eigenvalue weighted by Gasteiger charge is -2.25. The summed E-state index contributed by atoms with van der Waals surface area (Å²) in [5, 5.41) is 12.6. The van der Waals surface area contributed by atoms with Gasteiger partial charge in [-0.25, -0.2) is 0 Å². The molecule has 3 aromatic rings. The first-order valence-electron chi connectivity index (χ1n) is 9.62. The van der Waals surface area contributed by atoms with Gasteiger partial charge in [-0.1, -0.05) is 0 Å². The van der Waals surface area contributed by atoms with E-state index in [0.717, 1.165) is 0 Å². The predicted molar refractivity (Wildman–Crippen MR) is 107 cm³/mol. The Morgan fingerprint density at radius 1 is 1.13 bits per heavy atom. The summed E-state index contributed by atoms with van der Waals surface area (Å²) in [6.45, 7) is -0.393. The molecule has 1 aliphatic heterocycles. The molecule has 0 bridgehead atoms. The summed E-state index contributed by atoms with van der Waals surface area (Å²) in [6, 6.07) is 11.7. The van der Waals surface area contributed by atoms with Crippen molar-refractivity contribution in [3.63, 3.8) is 0 Å². The fourth-order valence-corrected chi connectivity index (χ4v) is 4.80. The number of piperidine rings is 1. The van der Waals surface area contributed by atoms with Crippen LogP contribution in [0.1, 0.15) is 12.0 Å². The molecule has 5 rings (SSSR count). The van der Waals surface area contributed by atoms with Gasteiger partial charge >= 0.3 is 6.18 Å². The van der Waals surface area contributed by atoms with Gasteiger partial charge < -0.3 is 10.2 Å². The Morgan fingerprint density at radius 2 is 1.90 bits per heavy atom. The van der Waals surface area contributed by atoms with Crippen molar-refractivity contribution in [2.45, 2.75) is 12.6 Å². The van der Waals surface area contributed by atoms with E-state index < -0.39 is 22.9 Å². The third-order valence-corrected chi connectivity index (χ3v) is 6.44. The summed E-state index contributed by atoms with van der Waals surface area (Å²) < 4.78 is 42.5. The molecule has 1 aliphatic carbocycles. The molecule has 0 unspecified atom stereocenters. The zero-order valence-corrected chi connectivity index (χ0v) is 16.1. The Kier molecular flexibility index (Phi) is 3.99. The molecule has 1 saturated carbocycles. The maximum atomic E-state index is 14.2. The average Bonchev–Trinajstić information content (AvgIpc) is 3.31. The van der Waals surface area contributed by atoms with Gasteiger partial charge in [0, 0.05) is 48.4 Å². The molecule has 2 aromatic heterocycles. The molecule has 1 aromatic carbocycles. The zero-order chi connectivity index (χ0) is 21.9. The largest absolute Gasteiger partial charge is 0.397 e. The van der Waals surface area contributed by atoms with Gasteiger partial charge in [0.15, 0.2) is 0 Å². The predicted octanol–water partition coefficient (Wildman–Crippen LogP) is 3.90. The van der Waals surface area contributed by atoms with Gasteiger partial charge in [0.05, 0.1) is 16.5 Å². The first-order valence-corrected chi connectivity index (χ1v) is 9.62. The number of halogens is 3. The van der Waals surface area contributed by atoms with Crippen molar-refractivity contribution in [3.05, 3.63) is 60.6 Å². The molecule has 2 aliphatic rings. The van der Waals surface area contributed by atoms with Crippen LogP contribution >= 0.6 is 0 Å². The highest BCUT2D eigenvalue weighted by molar-refractivity contribution is 6.01. The summed E-state index contributed by atoms with van der Waals surface area (Å²) in [6.07, 6.45) is -0.307. The fourth-order valence-electron chi connectivity index (χ4n) is 4.80. The van der Waals surface area contributed by atoms with Crippen molar-refractivity contribution in [2.75, 3.05) is 23.3 Å². The molecule has 0 spiro atoms. The second-order valence-electron chi connectivity index (χ2n) is 8.03. The van der Waals surface area contributed by atoms with Crippen LogP contribution in [0.15, 0.2) is 55.0 Å². The topological polar surface area (TPSA) is 81.9 Å². The number of carbonyl (C=O) groups is 1. The maximum Gasteiger partial charge on any atom is 0.397 e. The molecular weight excluding hydrogens is 407 g/mol. The molecule has 1 amide bonds. The number of hydrogen-bond donors (Lipinski definition) is 1. The molecule has 156 valence electrons. The number of nitrogens with one attached hydrogen (secondary N) is 1. The second kappa shape index (κ2) is 6.41. The van der Waals surface area contributed by atoms with E-state index in [1.165, 1.54) is 18.6 Å². The number of aromatic nitrogens is 2. The number of rotatable bonds is 3. The molecule has 31 heavy (non-hydrogen) atoms. The maximum absolute atomic E-state index is 14.2. The highest BCUT2D eigenvalue weighted by Gasteiger charge is 2.86. The third kappa shape index (κ3) is 2.68. The molecule has 9 heteroatoms. The molecule has 6 nitrogen and oxygen atoms in total. The number of amides is 1. The third-order valence-electron chi connectivity index (χ3n) is 6.44. The van der Waals surface area contributed by atoms with Gasteiger partial charge in [0.1, 0.15) is 11.5 Å². The second-order valence-corrected chi connectivity index (χ2v) is 8.03. The van der Waals surface area contributed by atoms with Crippen LogP contribution in [-0.2, 0) is 4.79 Å².